The summed E-state index contributed by atoms with van der Waals surface area (Å²) in [4.78, 5) is 10.2. The Morgan fingerprint density at radius 1 is 1.46 bits per heavy atom. The molecule has 1 rings (SSSR count). The maximum Gasteiger partial charge on any atom is 0.409 e. The zero-order valence-corrected chi connectivity index (χ0v) is 6.50. The number of benzene rings is 1. The van der Waals surface area contributed by atoms with Gasteiger partial charge in [-0.1, -0.05) is 12.1 Å². The minimum absolute atomic E-state index is 0.144. The molecule has 0 aromatic heterocycles. The average molecular weight is 187 g/mol. The number of halogens is 2. The molecule has 0 atom stereocenters. The molecule has 0 unspecified atom stereocenters. The van der Waals surface area contributed by atoms with Crippen LogP contribution in [0.3, 0.4) is 0 Å². The molecule has 2 N–H and O–H groups in total. The summed E-state index contributed by atoms with van der Waals surface area (Å²) in [5.74, 6) is 0. The van der Waals surface area contributed by atoms with E-state index in [9.17, 15) is 13.6 Å². The summed E-state index contributed by atoms with van der Waals surface area (Å²) < 4.78 is 24.2. The molecule has 13 heavy (non-hydrogen) atoms. The first-order valence-electron chi connectivity index (χ1n) is 3.47. The Kier molecular flexibility index (Phi) is 2.79. The summed E-state index contributed by atoms with van der Waals surface area (Å²) in [5, 5.41) is 10.3. The number of alkyl halides is 2. The van der Waals surface area contributed by atoms with Gasteiger partial charge in [-0.05, 0) is 12.1 Å². The van der Waals surface area contributed by atoms with Crippen LogP contribution >= 0.6 is 0 Å². The lowest BCUT2D eigenvalue weighted by atomic mass is 10.2. The van der Waals surface area contributed by atoms with Crippen molar-refractivity contribution in [1.82, 2.24) is 0 Å². The highest BCUT2D eigenvalue weighted by Gasteiger charge is 2.07. The summed E-state index contributed by atoms with van der Waals surface area (Å²) in [6.07, 6.45) is -3.86. The first-order valence-corrected chi connectivity index (χ1v) is 3.47. The molecule has 5 heteroatoms. The molecular weight excluding hydrogens is 180 g/mol. The molecule has 0 aliphatic carbocycles. The molecule has 0 bridgehead atoms. The highest BCUT2D eigenvalue weighted by molar-refractivity contribution is 5.82. The second-order valence-corrected chi connectivity index (χ2v) is 2.36. The number of hydrogen-bond donors (Lipinski definition) is 2. The highest BCUT2D eigenvalue weighted by Crippen LogP contribution is 2.21. The number of carbonyl (C=O) groups is 1. The van der Waals surface area contributed by atoms with E-state index in [0.717, 1.165) is 6.07 Å². The highest BCUT2D eigenvalue weighted by atomic mass is 19.3. The van der Waals surface area contributed by atoms with Crippen LogP contribution in [0.15, 0.2) is 24.3 Å². The van der Waals surface area contributed by atoms with E-state index in [1.165, 1.54) is 18.2 Å². The van der Waals surface area contributed by atoms with Crippen LogP contribution in [0.1, 0.15) is 12.0 Å². The molecule has 0 saturated heterocycles. The summed E-state index contributed by atoms with van der Waals surface area (Å²) in [6, 6.07) is 5.10. The number of amides is 1. The van der Waals surface area contributed by atoms with Gasteiger partial charge in [-0.15, -0.1) is 0 Å². The lowest BCUT2D eigenvalue weighted by Gasteiger charge is -2.03. The summed E-state index contributed by atoms with van der Waals surface area (Å²) in [6.45, 7) is 0. The molecule has 0 fully saturated rings. The number of hydrogen-bond acceptors (Lipinski definition) is 1. The van der Waals surface area contributed by atoms with Crippen molar-refractivity contribution < 1.29 is 18.7 Å². The lowest BCUT2D eigenvalue weighted by Crippen LogP contribution is -2.07. The normalized spacial score (nSPS) is 10.1. The molecule has 0 aliphatic heterocycles. The zero-order valence-electron chi connectivity index (χ0n) is 6.50. The first-order chi connectivity index (χ1) is 6.09. The zero-order chi connectivity index (χ0) is 9.84. The fourth-order valence-electron chi connectivity index (χ4n) is 0.876. The molecule has 0 saturated carbocycles. The molecule has 0 spiro atoms. The van der Waals surface area contributed by atoms with Crippen molar-refractivity contribution in [2.24, 2.45) is 0 Å². The van der Waals surface area contributed by atoms with Gasteiger partial charge in [0.05, 0.1) is 0 Å². The van der Waals surface area contributed by atoms with Crippen molar-refractivity contribution in [1.29, 1.82) is 0 Å². The standard InChI is InChI=1S/C8H7F2NO2/c9-7(10)5-2-1-3-6(4-5)11-8(12)13/h1-4,7,11H,(H,12,13). The van der Waals surface area contributed by atoms with Crippen molar-refractivity contribution in [2.75, 3.05) is 5.32 Å². The van der Waals surface area contributed by atoms with E-state index in [4.69, 9.17) is 5.11 Å². The van der Waals surface area contributed by atoms with Crippen LogP contribution in [-0.4, -0.2) is 11.2 Å². The predicted octanol–water partition coefficient (Wildman–Crippen LogP) is 2.71. The smallest absolute Gasteiger partial charge is 0.409 e. The van der Waals surface area contributed by atoms with E-state index in [0.29, 0.717) is 0 Å². The Hall–Kier alpha value is -1.65. The van der Waals surface area contributed by atoms with Crippen LogP contribution in [0, 0.1) is 0 Å². The van der Waals surface area contributed by atoms with Crippen LogP contribution in [0.25, 0.3) is 0 Å². The van der Waals surface area contributed by atoms with Crippen LogP contribution in [0.5, 0.6) is 0 Å². The van der Waals surface area contributed by atoms with Gasteiger partial charge in [-0.25, -0.2) is 13.6 Å². The van der Waals surface area contributed by atoms with Crippen LogP contribution in [-0.2, 0) is 0 Å². The van der Waals surface area contributed by atoms with Gasteiger partial charge >= 0.3 is 6.09 Å². The topological polar surface area (TPSA) is 49.3 Å². The number of anilines is 1. The van der Waals surface area contributed by atoms with Crippen molar-refractivity contribution in [3.05, 3.63) is 29.8 Å². The van der Waals surface area contributed by atoms with Crippen molar-refractivity contribution in [2.45, 2.75) is 6.43 Å². The van der Waals surface area contributed by atoms with Gasteiger partial charge in [0.15, 0.2) is 0 Å². The van der Waals surface area contributed by atoms with Crippen LogP contribution in [0.4, 0.5) is 19.3 Å². The minimum atomic E-state index is -2.59. The molecule has 1 aromatic carbocycles. The average Bonchev–Trinajstić information content (AvgIpc) is 2.03. The number of rotatable bonds is 2. The fraction of sp³-hybridized carbons (Fsp3) is 0.125. The van der Waals surface area contributed by atoms with Crippen molar-refractivity contribution >= 4 is 11.8 Å². The Morgan fingerprint density at radius 3 is 2.69 bits per heavy atom. The van der Waals surface area contributed by atoms with Gasteiger partial charge in [0.2, 0.25) is 0 Å². The molecule has 0 heterocycles. The number of nitrogens with one attached hydrogen (secondary N) is 1. The molecule has 70 valence electrons. The Morgan fingerprint density at radius 2 is 2.15 bits per heavy atom. The second-order valence-electron chi connectivity index (χ2n) is 2.36. The van der Waals surface area contributed by atoms with Crippen LogP contribution in [0.2, 0.25) is 0 Å². The van der Waals surface area contributed by atoms with E-state index in [-0.39, 0.29) is 11.3 Å². The molecule has 0 radical (unpaired) electrons. The maximum absolute atomic E-state index is 12.1. The van der Waals surface area contributed by atoms with E-state index >= 15 is 0 Å². The van der Waals surface area contributed by atoms with E-state index < -0.39 is 12.5 Å². The second kappa shape index (κ2) is 3.84. The maximum atomic E-state index is 12.1. The van der Waals surface area contributed by atoms with Crippen molar-refractivity contribution in [3.8, 4) is 0 Å². The molecule has 1 amide bonds. The van der Waals surface area contributed by atoms with E-state index in [2.05, 4.69) is 0 Å². The first kappa shape index (κ1) is 9.44. The van der Waals surface area contributed by atoms with Gasteiger partial charge < -0.3 is 5.11 Å². The monoisotopic (exact) mass is 187 g/mol. The Bertz CT molecular complexity index is 315. The SMILES string of the molecule is O=C(O)Nc1cccc(C(F)F)c1. The summed E-state index contributed by atoms with van der Waals surface area (Å²) >= 11 is 0. The van der Waals surface area contributed by atoms with E-state index in [1.54, 1.807) is 0 Å². The fourth-order valence-corrected chi connectivity index (χ4v) is 0.876. The van der Waals surface area contributed by atoms with Gasteiger partial charge in [0.25, 0.3) is 6.43 Å². The van der Waals surface area contributed by atoms with Gasteiger partial charge in [0.1, 0.15) is 0 Å². The lowest BCUT2D eigenvalue weighted by molar-refractivity contribution is 0.151. The molecule has 0 aliphatic rings. The molecule has 3 nitrogen and oxygen atoms in total. The van der Waals surface area contributed by atoms with Gasteiger partial charge in [0, 0.05) is 11.3 Å². The number of carboxylic acid groups (broad SMARTS) is 1. The third-order valence-corrected chi connectivity index (χ3v) is 1.39. The Balaban J connectivity index is 2.85. The Labute approximate surface area is 73.0 Å². The summed E-state index contributed by atoms with van der Waals surface area (Å²) in [5.41, 5.74) is -0.0587. The van der Waals surface area contributed by atoms with Gasteiger partial charge in [-0.3, -0.25) is 5.32 Å². The van der Waals surface area contributed by atoms with E-state index in [1.807, 2.05) is 5.32 Å². The summed E-state index contributed by atoms with van der Waals surface area (Å²) in [7, 11) is 0. The van der Waals surface area contributed by atoms with Crippen LogP contribution < -0.4 is 5.32 Å². The quantitative estimate of drug-likeness (QED) is 0.747. The van der Waals surface area contributed by atoms with Gasteiger partial charge in [-0.2, -0.15) is 0 Å². The molecule has 1 aromatic rings. The predicted molar refractivity (Wildman–Crippen MR) is 43.0 cm³/mol. The minimum Gasteiger partial charge on any atom is -0.465 e. The third-order valence-electron chi connectivity index (χ3n) is 1.39. The molecular formula is C8H7F2NO2. The van der Waals surface area contributed by atoms with Crippen molar-refractivity contribution in [3.63, 3.8) is 0 Å². The largest absolute Gasteiger partial charge is 0.465 e. The third kappa shape index (κ3) is 2.70.